The Morgan fingerprint density at radius 3 is 2.94 bits per heavy atom. The molecular formula is C11H16BrN5O. The lowest BCUT2D eigenvalue weighted by atomic mass is 10.2. The van der Waals surface area contributed by atoms with E-state index in [-0.39, 0.29) is 11.9 Å². The molecule has 3 N–H and O–H groups in total. The number of carbonyl (C=O) groups excluding carboxylic acids is 1. The SMILES string of the molecule is CCCNc1ncnc(NC2CNC(=O)C2)c1Br. The number of nitrogens with one attached hydrogen (secondary N) is 3. The van der Waals surface area contributed by atoms with E-state index < -0.39 is 0 Å². The maximum absolute atomic E-state index is 11.1. The lowest BCUT2D eigenvalue weighted by molar-refractivity contribution is -0.119. The van der Waals surface area contributed by atoms with Gasteiger partial charge in [-0.15, -0.1) is 0 Å². The summed E-state index contributed by atoms with van der Waals surface area (Å²) in [5, 5.41) is 9.23. The number of nitrogens with zero attached hydrogens (tertiary/aromatic N) is 2. The zero-order valence-corrected chi connectivity index (χ0v) is 11.7. The first-order valence-electron chi connectivity index (χ1n) is 5.98. The summed E-state index contributed by atoms with van der Waals surface area (Å²) in [5.41, 5.74) is 0. The van der Waals surface area contributed by atoms with E-state index in [1.807, 2.05) is 0 Å². The number of hydrogen-bond donors (Lipinski definition) is 3. The number of anilines is 2. The second-order valence-electron chi connectivity index (χ2n) is 4.16. The number of amides is 1. The molecule has 1 unspecified atom stereocenters. The van der Waals surface area contributed by atoms with Crippen LogP contribution >= 0.6 is 15.9 Å². The maximum atomic E-state index is 11.1. The minimum absolute atomic E-state index is 0.0713. The average Bonchev–Trinajstić information content (AvgIpc) is 2.76. The molecule has 1 aromatic rings. The van der Waals surface area contributed by atoms with Crippen LogP contribution in [0.1, 0.15) is 19.8 Å². The van der Waals surface area contributed by atoms with Gasteiger partial charge in [0.15, 0.2) is 0 Å². The Labute approximate surface area is 114 Å². The minimum atomic E-state index is 0.0713. The molecule has 0 aliphatic carbocycles. The van der Waals surface area contributed by atoms with Crippen LogP contribution in [0.25, 0.3) is 0 Å². The van der Waals surface area contributed by atoms with Crippen LogP contribution in [-0.2, 0) is 4.79 Å². The molecule has 1 aromatic heterocycles. The van der Waals surface area contributed by atoms with Gasteiger partial charge in [-0.1, -0.05) is 6.92 Å². The topological polar surface area (TPSA) is 78.9 Å². The maximum Gasteiger partial charge on any atom is 0.222 e. The van der Waals surface area contributed by atoms with Crippen LogP contribution in [0, 0.1) is 0 Å². The predicted molar refractivity (Wildman–Crippen MR) is 73.6 cm³/mol. The second kappa shape index (κ2) is 5.99. The first kappa shape index (κ1) is 13.1. The van der Waals surface area contributed by atoms with E-state index in [9.17, 15) is 4.79 Å². The lowest BCUT2D eigenvalue weighted by Gasteiger charge is -2.14. The normalized spacial score (nSPS) is 18.6. The molecule has 1 fully saturated rings. The van der Waals surface area contributed by atoms with Crippen LogP contribution in [0.4, 0.5) is 11.6 Å². The highest BCUT2D eigenvalue weighted by Crippen LogP contribution is 2.27. The number of carbonyl (C=O) groups is 1. The monoisotopic (exact) mass is 313 g/mol. The van der Waals surface area contributed by atoms with Crippen molar-refractivity contribution in [3.63, 3.8) is 0 Å². The number of aromatic nitrogens is 2. The molecule has 6 nitrogen and oxygen atoms in total. The molecule has 0 saturated carbocycles. The summed E-state index contributed by atoms with van der Waals surface area (Å²) in [6, 6.07) is 0.0859. The van der Waals surface area contributed by atoms with E-state index in [1.54, 1.807) is 0 Å². The Morgan fingerprint density at radius 2 is 2.28 bits per heavy atom. The molecule has 0 radical (unpaired) electrons. The molecule has 1 amide bonds. The molecule has 98 valence electrons. The van der Waals surface area contributed by atoms with Crippen LogP contribution in [0.5, 0.6) is 0 Å². The van der Waals surface area contributed by atoms with Gasteiger partial charge in [0.2, 0.25) is 5.91 Å². The smallest absolute Gasteiger partial charge is 0.222 e. The third-order valence-corrected chi connectivity index (χ3v) is 3.40. The Bertz CT molecular complexity index is 439. The highest BCUT2D eigenvalue weighted by Gasteiger charge is 2.22. The third-order valence-electron chi connectivity index (χ3n) is 2.65. The summed E-state index contributed by atoms with van der Waals surface area (Å²) in [4.78, 5) is 19.5. The van der Waals surface area contributed by atoms with Gasteiger partial charge in [-0.25, -0.2) is 9.97 Å². The van der Waals surface area contributed by atoms with Gasteiger partial charge in [0.1, 0.15) is 22.4 Å². The van der Waals surface area contributed by atoms with E-state index in [4.69, 9.17) is 0 Å². The third kappa shape index (κ3) is 3.10. The van der Waals surface area contributed by atoms with Gasteiger partial charge in [-0.05, 0) is 22.4 Å². The zero-order chi connectivity index (χ0) is 13.0. The van der Waals surface area contributed by atoms with Crippen molar-refractivity contribution >= 4 is 33.5 Å². The van der Waals surface area contributed by atoms with Gasteiger partial charge < -0.3 is 16.0 Å². The number of halogens is 1. The molecule has 1 aliphatic heterocycles. The molecule has 7 heteroatoms. The quantitative estimate of drug-likeness (QED) is 0.765. The summed E-state index contributed by atoms with van der Waals surface area (Å²) in [5.74, 6) is 1.55. The Kier molecular flexibility index (Phi) is 4.35. The standard InChI is InChI=1S/C11H16BrN5O/c1-2-3-13-10-9(12)11(16-6-15-10)17-7-4-8(18)14-5-7/h6-7H,2-5H2,1H3,(H,14,18)(H2,13,15,16,17). The molecule has 0 aromatic carbocycles. The average molecular weight is 314 g/mol. The van der Waals surface area contributed by atoms with Crippen molar-refractivity contribution in [2.75, 3.05) is 23.7 Å². The van der Waals surface area contributed by atoms with Crippen LogP contribution in [0.3, 0.4) is 0 Å². The van der Waals surface area contributed by atoms with Crippen molar-refractivity contribution in [1.29, 1.82) is 0 Å². The molecule has 2 rings (SSSR count). The molecule has 0 spiro atoms. The van der Waals surface area contributed by atoms with Crippen molar-refractivity contribution in [1.82, 2.24) is 15.3 Å². The molecule has 1 atom stereocenters. The van der Waals surface area contributed by atoms with Gasteiger partial charge >= 0.3 is 0 Å². The summed E-state index contributed by atoms with van der Waals surface area (Å²) in [6.45, 7) is 3.59. The van der Waals surface area contributed by atoms with Crippen molar-refractivity contribution in [3.8, 4) is 0 Å². The predicted octanol–water partition coefficient (Wildman–Crippen LogP) is 1.36. The highest BCUT2D eigenvalue weighted by atomic mass is 79.9. The van der Waals surface area contributed by atoms with Crippen molar-refractivity contribution in [2.45, 2.75) is 25.8 Å². The Balaban J connectivity index is 2.05. The first-order chi connectivity index (χ1) is 8.70. The van der Waals surface area contributed by atoms with E-state index in [0.29, 0.717) is 18.8 Å². The van der Waals surface area contributed by atoms with Crippen molar-refractivity contribution in [3.05, 3.63) is 10.8 Å². The summed E-state index contributed by atoms with van der Waals surface area (Å²) in [6.07, 6.45) is 3.02. The second-order valence-corrected chi connectivity index (χ2v) is 4.95. The van der Waals surface area contributed by atoms with Gasteiger partial charge in [-0.2, -0.15) is 0 Å². The van der Waals surface area contributed by atoms with Crippen LogP contribution in [0.2, 0.25) is 0 Å². The Morgan fingerprint density at radius 1 is 1.50 bits per heavy atom. The molecule has 2 heterocycles. The molecule has 0 bridgehead atoms. The van der Waals surface area contributed by atoms with Crippen molar-refractivity contribution < 1.29 is 4.79 Å². The molecular weight excluding hydrogens is 298 g/mol. The van der Waals surface area contributed by atoms with E-state index in [2.05, 4.69) is 48.8 Å². The van der Waals surface area contributed by atoms with Gasteiger partial charge in [0.05, 0.1) is 6.04 Å². The lowest BCUT2D eigenvalue weighted by Crippen LogP contribution is -2.23. The number of rotatable bonds is 5. The molecule has 18 heavy (non-hydrogen) atoms. The fraction of sp³-hybridized carbons (Fsp3) is 0.545. The van der Waals surface area contributed by atoms with E-state index in [0.717, 1.165) is 23.3 Å². The first-order valence-corrected chi connectivity index (χ1v) is 6.77. The zero-order valence-electron chi connectivity index (χ0n) is 10.2. The van der Waals surface area contributed by atoms with Crippen LogP contribution < -0.4 is 16.0 Å². The highest BCUT2D eigenvalue weighted by molar-refractivity contribution is 9.10. The number of hydrogen-bond acceptors (Lipinski definition) is 5. The van der Waals surface area contributed by atoms with Crippen LogP contribution in [0.15, 0.2) is 10.8 Å². The molecule has 1 saturated heterocycles. The Hall–Kier alpha value is -1.37. The fourth-order valence-electron chi connectivity index (χ4n) is 1.74. The van der Waals surface area contributed by atoms with Gasteiger partial charge in [0.25, 0.3) is 0 Å². The van der Waals surface area contributed by atoms with Gasteiger partial charge in [-0.3, -0.25) is 4.79 Å². The van der Waals surface area contributed by atoms with Gasteiger partial charge in [0, 0.05) is 19.5 Å². The van der Waals surface area contributed by atoms with Crippen LogP contribution in [-0.4, -0.2) is 35.0 Å². The van der Waals surface area contributed by atoms with E-state index >= 15 is 0 Å². The largest absolute Gasteiger partial charge is 0.369 e. The fourth-order valence-corrected chi connectivity index (χ4v) is 2.20. The summed E-state index contributed by atoms with van der Waals surface area (Å²) < 4.78 is 0.804. The van der Waals surface area contributed by atoms with Crippen molar-refractivity contribution in [2.24, 2.45) is 0 Å². The molecule has 1 aliphatic rings. The summed E-state index contributed by atoms with van der Waals surface area (Å²) >= 11 is 3.48. The van der Waals surface area contributed by atoms with E-state index in [1.165, 1.54) is 6.33 Å². The minimum Gasteiger partial charge on any atom is -0.369 e. The summed E-state index contributed by atoms with van der Waals surface area (Å²) in [7, 11) is 0.